The van der Waals surface area contributed by atoms with Crippen molar-refractivity contribution in [3.8, 4) is 0 Å². The number of benzene rings is 1. The summed E-state index contributed by atoms with van der Waals surface area (Å²) in [5.74, 6) is 1.53. The Labute approximate surface area is 215 Å². The molecule has 0 radical (unpaired) electrons. The third-order valence-corrected chi connectivity index (χ3v) is 7.82. The molecule has 0 bridgehead atoms. The molecule has 1 saturated heterocycles. The van der Waals surface area contributed by atoms with Crippen LogP contribution in [0, 0.1) is 13.8 Å². The van der Waals surface area contributed by atoms with Crippen LogP contribution in [0.25, 0.3) is 10.9 Å². The molecule has 2 unspecified atom stereocenters. The molecule has 2 fully saturated rings. The van der Waals surface area contributed by atoms with E-state index >= 15 is 0 Å². The average Bonchev–Trinajstić information content (AvgIpc) is 3.68. The third-order valence-electron chi connectivity index (χ3n) is 7.82. The minimum Gasteiger partial charge on any atom is -0.468 e. The molecular weight excluding hydrogens is 468 g/mol. The van der Waals surface area contributed by atoms with E-state index in [1.165, 1.54) is 0 Å². The minimum absolute atomic E-state index is 0.0808. The summed E-state index contributed by atoms with van der Waals surface area (Å²) in [7, 11) is 0. The third kappa shape index (κ3) is 4.85. The zero-order chi connectivity index (χ0) is 25.4. The van der Waals surface area contributed by atoms with Crippen LogP contribution in [0.2, 0.25) is 0 Å². The number of aryl methyl sites for hydroxylation is 2. The lowest BCUT2D eigenvalue weighted by Crippen LogP contribution is -2.39. The number of aromatic nitrogens is 5. The number of H-pyrrole nitrogens is 1. The van der Waals surface area contributed by atoms with Crippen molar-refractivity contribution in [2.75, 3.05) is 13.2 Å². The molecule has 0 spiro atoms. The second kappa shape index (κ2) is 10.2. The average molecular weight is 503 g/mol. The van der Waals surface area contributed by atoms with Crippen molar-refractivity contribution in [2.24, 2.45) is 0 Å². The van der Waals surface area contributed by atoms with Crippen molar-refractivity contribution in [3.63, 3.8) is 0 Å². The maximum absolute atomic E-state index is 13.8. The van der Waals surface area contributed by atoms with Crippen molar-refractivity contribution >= 4 is 10.9 Å². The van der Waals surface area contributed by atoms with Gasteiger partial charge in [0.15, 0.2) is 5.82 Å². The second-order valence-electron chi connectivity index (χ2n) is 10.6. The maximum atomic E-state index is 13.8. The molecule has 0 amide bonds. The lowest BCUT2D eigenvalue weighted by Gasteiger charge is -2.32. The molecule has 4 heterocycles. The number of nitrogens with zero attached hydrogens (tertiary/aromatic N) is 5. The monoisotopic (exact) mass is 502 g/mol. The minimum atomic E-state index is -0.459. The summed E-state index contributed by atoms with van der Waals surface area (Å²) in [4.78, 5) is 19.2. The van der Waals surface area contributed by atoms with Crippen LogP contribution in [-0.2, 0) is 11.3 Å². The van der Waals surface area contributed by atoms with Gasteiger partial charge >= 0.3 is 0 Å². The number of fused-ring (bicyclic) bond motifs is 1. The molecule has 3 aromatic heterocycles. The van der Waals surface area contributed by atoms with Crippen molar-refractivity contribution in [1.82, 2.24) is 30.1 Å². The zero-order valence-corrected chi connectivity index (χ0v) is 21.5. The van der Waals surface area contributed by atoms with Gasteiger partial charge in [0.1, 0.15) is 11.8 Å². The fourth-order valence-corrected chi connectivity index (χ4v) is 6.11. The van der Waals surface area contributed by atoms with E-state index < -0.39 is 6.04 Å². The molecule has 2 atom stereocenters. The maximum Gasteiger partial charge on any atom is 0.253 e. The van der Waals surface area contributed by atoms with Gasteiger partial charge in [-0.3, -0.25) is 9.69 Å². The smallest absolute Gasteiger partial charge is 0.253 e. The highest BCUT2D eigenvalue weighted by atomic mass is 16.5. The van der Waals surface area contributed by atoms with Gasteiger partial charge in [-0.15, -0.1) is 5.10 Å². The number of nitrogens with one attached hydrogen (secondary N) is 1. The Hall–Kier alpha value is -3.30. The number of ether oxygens (including phenoxy) is 1. The summed E-state index contributed by atoms with van der Waals surface area (Å²) >= 11 is 0. The molecule has 9 nitrogen and oxygen atoms in total. The quantitative estimate of drug-likeness (QED) is 0.375. The van der Waals surface area contributed by atoms with E-state index in [2.05, 4.69) is 44.5 Å². The molecule has 1 saturated carbocycles. The first-order valence-corrected chi connectivity index (χ1v) is 13.4. The van der Waals surface area contributed by atoms with Crippen LogP contribution in [0.4, 0.5) is 0 Å². The molecule has 1 aliphatic heterocycles. The second-order valence-corrected chi connectivity index (χ2v) is 10.6. The normalized spacial score (nSPS) is 19.4. The summed E-state index contributed by atoms with van der Waals surface area (Å²) in [6, 6.07) is 9.88. The molecule has 194 valence electrons. The number of furan rings is 1. The van der Waals surface area contributed by atoms with Gasteiger partial charge in [-0.2, -0.15) is 0 Å². The Morgan fingerprint density at radius 2 is 2.03 bits per heavy atom. The van der Waals surface area contributed by atoms with Crippen LogP contribution < -0.4 is 5.56 Å². The Kier molecular flexibility index (Phi) is 6.65. The number of aromatic amines is 1. The summed E-state index contributed by atoms with van der Waals surface area (Å²) in [5.41, 5.74) is 3.59. The highest BCUT2D eigenvalue weighted by Crippen LogP contribution is 2.35. The van der Waals surface area contributed by atoms with Gasteiger partial charge in [0.05, 0.1) is 30.5 Å². The first kappa shape index (κ1) is 24.1. The van der Waals surface area contributed by atoms with Crippen molar-refractivity contribution in [1.29, 1.82) is 0 Å². The van der Waals surface area contributed by atoms with E-state index in [0.29, 0.717) is 24.5 Å². The molecule has 1 N–H and O–H groups in total. The van der Waals surface area contributed by atoms with E-state index in [4.69, 9.17) is 9.15 Å². The van der Waals surface area contributed by atoms with Gasteiger partial charge in [-0.05, 0) is 85.2 Å². The van der Waals surface area contributed by atoms with Crippen LogP contribution in [0.5, 0.6) is 0 Å². The highest BCUT2D eigenvalue weighted by molar-refractivity contribution is 5.83. The number of tetrazole rings is 1. The molecule has 1 aliphatic carbocycles. The van der Waals surface area contributed by atoms with Crippen LogP contribution in [0.3, 0.4) is 0 Å². The predicted molar refractivity (Wildman–Crippen MR) is 139 cm³/mol. The van der Waals surface area contributed by atoms with E-state index in [1.54, 1.807) is 6.26 Å². The summed E-state index contributed by atoms with van der Waals surface area (Å²) in [5, 5.41) is 14.1. The highest BCUT2D eigenvalue weighted by Gasteiger charge is 2.35. The van der Waals surface area contributed by atoms with Gasteiger partial charge in [-0.1, -0.05) is 24.5 Å². The van der Waals surface area contributed by atoms with Crippen LogP contribution >= 0.6 is 0 Å². The lowest BCUT2D eigenvalue weighted by atomic mass is 9.99. The topological polar surface area (TPSA) is 102 Å². The molecular formula is C28H34N6O3. The fraction of sp³-hybridized carbons (Fsp3) is 0.500. The first-order valence-electron chi connectivity index (χ1n) is 13.4. The Morgan fingerprint density at radius 1 is 1.16 bits per heavy atom. The fourth-order valence-electron chi connectivity index (χ4n) is 6.11. The van der Waals surface area contributed by atoms with Crippen LogP contribution in [0.1, 0.15) is 78.9 Å². The van der Waals surface area contributed by atoms with E-state index in [-0.39, 0.29) is 17.7 Å². The van der Waals surface area contributed by atoms with Gasteiger partial charge < -0.3 is 14.1 Å². The van der Waals surface area contributed by atoms with Gasteiger partial charge in [-0.25, -0.2) is 4.68 Å². The standard InChI is InChI=1S/C28H34N6O3/c1-18-13-19(2)25-20(14-18)15-24(28(35)29-25)26(27-30-31-32-34(27)21-7-3-4-8-21)33(16-22-9-5-11-36-22)17-23-10-6-12-37-23/h5,9,11,13-15,21,23,26H,3-4,6-8,10,12,16-17H2,1-2H3,(H,29,35). The van der Waals surface area contributed by atoms with E-state index in [9.17, 15) is 4.79 Å². The van der Waals surface area contributed by atoms with E-state index in [1.807, 2.05) is 29.8 Å². The Balaban J connectivity index is 1.52. The zero-order valence-electron chi connectivity index (χ0n) is 21.5. The molecule has 4 aromatic rings. The Morgan fingerprint density at radius 3 is 2.78 bits per heavy atom. The lowest BCUT2D eigenvalue weighted by molar-refractivity contribution is 0.0541. The van der Waals surface area contributed by atoms with Gasteiger partial charge in [0, 0.05) is 18.7 Å². The molecule has 6 rings (SSSR count). The predicted octanol–water partition coefficient (Wildman–Crippen LogP) is 4.61. The van der Waals surface area contributed by atoms with Gasteiger partial charge in [0.2, 0.25) is 0 Å². The van der Waals surface area contributed by atoms with Crippen molar-refractivity contribution in [3.05, 3.63) is 75.2 Å². The molecule has 37 heavy (non-hydrogen) atoms. The van der Waals surface area contributed by atoms with Crippen molar-refractivity contribution < 1.29 is 9.15 Å². The van der Waals surface area contributed by atoms with Gasteiger partial charge in [0.25, 0.3) is 5.56 Å². The van der Waals surface area contributed by atoms with Crippen LogP contribution in [0.15, 0.2) is 45.8 Å². The van der Waals surface area contributed by atoms with E-state index in [0.717, 1.165) is 72.9 Å². The summed E-state index contributed by atoms with van der Waals surface area (Å²) < 4.78 is 13.8. The SMILES string of the molecule is Cc1cc(C)c2[nH]c(=O)c(C(c3nnnn3C3CCCC3)N(Cc3ccco3)CC3CCCO3)cc2c1. The number of rotatable bonds is 8. The molecule has 9 heteroatoms. The number of pyridine rings is 1. The Bertz CT molecular complexity index is 1410. The summed E-state index contributed by atoms with van der Waals surface area (Å²) in [6.07, 6.45) is 8.21. The number of hydrogen-bond acceptors (Lipinski definition) is 7. The summed E-state index contributed by atoms with van der Waals surface area (Å²) in [6.45, 7) is 6.03. The first-order chi connectivity index (χ1) is 18.1. The number of hydrogen-bond donors (Lipinski definition) is 1. The molecule has 2 aliphatic rings. The van der Waals surface area contributed by atoms with Crippen molar-refractivity contribution in [2.45, 2.75) is 77.1 Å². The van der Waals surface area contributed by atoms with Crippen LogP contribution in [-0.4, -0.2) is 49.3 Å². The largest absolute Gasteiger partial charge is 0.468 e. The molecule has 1 aromatic carbocycles.